The van der Waals surface area contributed by atoms with Gasteiger partial charge >= 0.3 is 0 Å². The van der Waals surface area contributed by atoms with Crippen LogP contribution in [-0.2, 0) is 6.42 Å². The van der Waals surface area contributed by atoms with E-state index in [1.807, 2.05) is 6.07 Å². The van der Waals surface area contributed by atoms with Crippen molar-refractivity contribution in [3.63, 3.8) is 0 Å². The van der Waals surface area contributed by atoms with Gasteiger partial charge < -0.3 is 5.32 Å². The number of fused-ring (bicyclic) bond motifs is 1. The first-order chi connectivity index (χ1) is 8.34. The topological polar surface area (TPSA) is 57.8 Å². The monoisotopic (exact) mass is 227 g/mol. The number of nitrogens with one attached hydrogen (secondary N) is 2. The summed E-state index contributed by atoms with van der Waals surface area (Å²) in [6.45, 7) is 0.689. The van der Waals surface area contributed by atoms with Crippen molar-refractivity contribution in [1.82, 2.24) is 15.5 Å². The molecule has 1 aliphatic carbocycles. The van der Waals surface area contributed by atoms with E-state index in [-0.39, 0.29) is 5.91 Å². The third kappa shape index (κ3) is 1.82. The number of carbonyl (C=O) groups excluding carboxylic acids is 1. The number of hydrogen-bond acceptors (Lipinski definition) is 2. The van der Waals surface area contributed by atoms with Gasteiger partial charge in [-0.15, -0.1) is 0 Å². The third-order valence-corrected chi connectivity index (χ3v) is 3.22. The number of carbonyl (C=O) groups is 1. The normalized spacial score (nSPS) is 17.1. The molecule has 0 radical (unpaired) electrons. The maximum Gasteiger partial charge on any atom is 0.269 e. The van der Waals surface area contributed by atoms with E-state index in [1.165, 1.54) is 11.1 Å². The molecule has 0 saturated carbocycles. The van der Waals surface area contributed by atoms with Crippen LogP contribution in [0.1, 0.15) is 27.5 Å². The fourth-order valence-electron chi connectivity index (χ4n) is 2.24. The van der Waals surface area contributed by atoms with Gasteiger partial charge in [0.05, 0.1) is 0 Å². The van der Waals surface area contributed by atoms with E-state index >= 15 is 0 Å². The molecule has 1 heterocycles. The van der Waals surface area contributed by atoms with E-state index in [4.69, 9.17) is 0 Å². The lowest BCUT2D eigenvalue weighted by atomic mass is 9.77. The molecule has 2 N–H and O–H groups in total. The Morgan fingerprint density at radius 3 is 3.06 bits per heavy atom. The molecule has 0 aliphatic heterocycles. The summed E-state index contributed by atoms with van der Waals surface area (Å²) < 4.78 is 0. The second-order valence-corrected chi connectivity index (χ2v) is 4.28. The minimum Gasteiger partial charge on any atom is -0.350 e. The Kier molecular flexibility index (Phi) is 2.40. The molecule has 1 aromatic carbocycles. The molecule has 4 heteroatoms. The average molecular weight is 227 g/mol. The summed E-state index contributed by atoms with van der Waals surface area (Å²) >= 11 is 0. The predicted molar refractivity (Wildman–Crippen MR) is 63.8 cm³/mol. The van der Waals surface area contributed by atoms with Crippen molar-refractivity contribution in [2.75, 3.05) is 6.54 Å². The van der Waals surface area contributed by atoms with Crippen LogP contribution in [0, 0.1) is 0 Å². The molecule has 3 rings (SSSR count). The quantitative estimate of drug-likeness (QED) is 0.834. The van der Waals surface area contributed by atoms with Crippen LogP contribution >= 0.6 is 0 Å². The Labute approximate surface area is 99.1 Å². The van der Waals surface area contributed by atoms with Crippen molar-refractivity contribution in [2.24, 2.45) is 0 Å². The van der Waals surface area contributed by atoms with Crippen molar-refractivity contribution in [3.05, 3.63) is 53.3 Å². The molecule has 0 spiro atoms. The zero-order valence-electron chi connectivity index (χ0n) is 9.31. The maximum absolute atomic E-state index is 11.7. The third-order valence-electron chi connectivity index (χ3n) is 3.22. The van der Waals surface area contributed by atoms with Crippen LogP contribution in [0.3, 0.4) is 0 Å². The van der Waals surface area contributed by atoms with Crippen LogP contribution < -0.4 is 5.32 Å². The molecule has 0 fully saturated rings. The van der Waals surface area contributed by atoms with Crippen molar-refractivity contribution < 1.29 is 4.79 Å². The number of aromatic amines is 1. The molecular weight excluding hydrogens is 214 g/mol. The summed E-state index contributed by atoms with van der Waals surface area (Å²) in [5.74, 6) is 0.366. The lowest BCUT2D eigenvalue weighted by Gasteiger charge is -2.30. The maximum atomic E-state index is 11.7. The van der Waals surface area contributed by atoms with Gasteiger partial charge in [0.25, 0.3) is 5.91 Å². The van der Waals surface area contributed by atoms with Gasteiger partial charge in [0.15, 0.2) is 0 Å². The van der Waals surface area contributed by atoms with Gasteiger partial charge in [-0.2, -0.15) is 5.10 Å². The first kappa shape index (κ1) is 10.1. The highest BCUT2D eigenvalue weighted by atomic mass is 16.1. The standard InChI is InChI=1S/C13H13N3O/c17-13(12-5-6-15-16-12)14-8-10-7-9-3-1-2-4-11(9)10/h1-6,10H,7-8H2,(H,14,17)(H,15,16)/t10-/m0/s1. The fourth-order valence-corrected chi connectivity index (χ4v) is 2.24. The van der Waals surface area contributed by atoms with Gasteiger partial charge in [0.1, 0.15) is 5.69 Å². The first-order valence-corrected chi connectivity index (χ1v) is 5.70. The van der Waals surface area contributed by atoms with Gasteiger partial charge in [-0.05, 0) is 23.6 Å². The zero-order chi connectivity index (χ0) is 11.7. The first-order valence-electron chi connectivity index (χ1n) is 5.70. The largest absolute Gasteiger partial charge is 0.350 e. The van der Waals surface area contributed by atoms with Crippen molar-refractivity contribution in [2.45, 2.75) is 12.3 Å². The van der Waals surface area contributed by atoms with Crippen molar-refractivity contribution in [3.8, 4) is 0 Å². The summed E-state index contributed by atoms with van der Waals surface area (Å²) in [5, 5.41) is 9.33. The number of rotatable bonds is 3. The van der Waals surface area contributed by atoms with E-state index in [2.05, 4.69) is 33.7 Å². The highest BCUT2D eigenvalue weighted by Gasteiger charge is 2.25. The number of nitrogens with zero attached hydrogens (tertiary/aromatic N) is 1. The van der Waals surface area contributed by atoms with Crippen LogP contribution in [0.5, 0.6) is 0 Å². The summed E-state index contributed by atoms with van der Waals surface area (Å²) in [6, 6.07) is 10.0. The van der Waals surface area contributed by atoms with Crippen molar-refractivity contribution >= 4 is 5.91 Å². The highest BCUT2D eigenvalue weighted by molar-refractivity contribution is 5.92. The fraction of sp³-hybridized carbons (Fsp3) is 0.231. The molecule has 86 valence electrons. The minimum atomic E-state index is -0.0909. The molecule has 1 aliphatic rings. The molecule has 0 bridgehead atoms. The molecule has 4 nitrogen and oxygen atoms in total. The van der Waals surface area contributed by atoms with Gasteiger partial charge in [-0.1, -0.05) is 24.3 Å². The van der Waals surface area contributed by atoms with Crippen molar-refractivity contribution in [1.29, 1.82) is 0 Å². The lowest BCUT2D eigenvalue weighted by Crippen LogP contribution is -2.33. The molecular formula is C13H13N3O. The van der Waals surface area contributed by atoms with Gasteiger partial charge in [-0.3, -0.25) is 9.89 Å². The Morgan fingerprint density at radius 2 is 2.29 bits per heavy atom. The van der Waals surface area contributed by atoms with Crippen LogP contribution in [0.25, 0.3) is 0 Å². The minimum absolute atomic E-state index is 0.0909. The van der Waals surface area contributed by atoms with E-state index in [1.54, 1.807) is 12.3 Å². The number of aromatic nitrogens is 2. The Bertz CT molecular complexity index is 533. The number of amides is 1. The van der Waals surface area contributed by atoms with E-state index in [0.29, 0.717) is 18.2 Å². The van der Waals surface area contributed by atoms with Gasteiger partial charge in [0, 0.05) is 18.7 Å². The SMILES string of the molecule is O=C(NC[C@@H]1Cc2ccccc21)c1ccn[nH]1. The molecule has 17 heavy (non-hydrogen) atoms. The van der Waals surface area contributed by atoms with E-state index in [0.717, 1.165) is 6.42 Å². The highest BCUT2D eigenvalue weighted by Crippen LogP contribution is 2.33. The summed E-state index contributed by atoms with van der Waals surface area (Å²) in [7, 11) is 0. The molecule has 2 aromatic rings. The number of H-pyrrole nitrogens is 1. The molecule has 0 saturated heterocycles. The Balaban J connectivity index is 1.59. The second kappa shape index (κ2) is 4.05. The zero-order valence-corrected chi connectivity index (χ0v) is 9.31. The molecule has 0 unspecified atom stereocenters. The van der Waals surface area contributed by atoms with Crippen LogP contribution in [-0.4, -0.2) is 22.6 Å². The Morgan fingerprint density at radius 1 is 1.41 bits per heavy atom. The summed E-state index contributed by atoms with van der Waals surface area (Å²) in [6.07, 6.45) is 2.63. The molecule has 1 atom stereocenters. The number of hydrogen-bond donors (Lipinski definition) is 2. The second-order valence-electron chi connectivity index (χ2n) is 4.28. The Hall–Kier alpha value is -2.10. The molecule has 1 amide bonds. The predicted octanol–water partition coefficient (Wildman–Crippen LogP) is 1.48. The summed E-state index contributed by atoms with van der Waals surface area (Å²) in [5.41, 5.74) is 3.27. The van der Waals surface area contributed by atoms with Crippen LogP contribution in [0.15, 0.2) is 36.5 Å². The lowest BCUT2D eigenvalue weighted by molar-refractivity contribution is 0.0945. The van der Waals surface area contributed by atoms with E-state index in [9.17, 15) is 4.79 Å². The average Bonchev–Trinajstić information content (AvgIpc) is 2.83. The summed E-state index contributed by atoms with van der Waals surface area (Å²) in [4.78, 5) is 11.7. The van der Waals surface area contributed by atoms with Gasteiger partial charge in [-0.25, -0.2) is 0 Å². The smallest absolute Gasteiger partial charge is 0.269 e. The number of benzene rings is 1. The van der Waals surface area contributed by atoms with Crippen LogP contribution in [0.2, 0.25) is 0 Å². The van der Waals surface area contributed by atoms with E-state index < -0.39 is 0 Å². The van der Waals surface area contributed by atoms with Crippen LogP contribution in [0.4, 0.5) is 0 Å². The van der Waals surface area contributed by atoms with Gasteiger partial charge in [0.2, 0.25) is 0 Å². The molecule has 1 aromatic heterocycles.